The first kappa shape index (κ1) is 26.1. The summed E-state index contributed by atoms with van der Waals surface area (Å²) in [5.74, 6) is -0.201. The van der Waals surface area contributed by atoms with E-state index >= 15 is 0 Å². The number of nitrogens with two attached hydrogens (primary N) is 1. The predicted octanol–water partition coefficient (Wildman–Crippen LogP) is 3.17. The van der Waals surface area contributed by atoms with Gasteiger partial charge in [-0.1, -0.05) is 37.3 Å². The minimum absolute atomic E-state index is 0. The van der Waals surface area contributed by atoms with Gasteiger partial charge in [0.2, 0.25) is 5.91 Å². The number of halogens is 2. The van der Waals surface area contributed by atoms with Crippen molar-refractivity contribution >= 4 is 30.7 Å². The fourth-order valence-electron chi connectivity index (χ4n) is 3.43. The lowest BCUT2D eigenvalue weighted by atomic mass is 9.94. The zero-order chi connectivity index (χ0) is 18.2. The van der Waals surface area contributed by atoms with E-state index in [1.807, 2.05) is 37.3 Å². The van der Waals surface area contributed by atoms with Gasteiger partial charge in [-0.15, -0.1) is 24.8 Å². The summed E-state index contributed by atoms with van der Waals surface area (Å²) in [6.07, 6.45) is 2.69. The standard InChI is InChI=1S/C20H33N3O2.2ClH/c1-15-13-23(14-16(2)25-15)12-8-7-11-22-20(24)17(3)19(21)18-9-5-4-6-10-18;;/h4-6,9-10,15-17,19H,7-8,11-14,21H2,1-3H3,(H,22,24);2*1H. The summed E-state index contributed by atoms with van der Waals surface area (Å²) in [5, 5.41) is 3.03. The number of ether oxygens (including phenoxy) is 1. The van der Waals surface area contributed by atoms with E-state index in [0.29, 0.717) is 18.8 Å². The highest BCUT2D eigenvalue weighted by atomic mass is 35.5. The Labute approximate surface area is 176 Å². The molecule has 1 heterocycles. The molecule has 1 amide bonds. The lowest BCUT2D eigenvalue weighted by Gasteiger charge is -2.35. The van der Waals surface area contributed by atoms with Crippen molar-refractivity contribution in [3.63, 3.8) is 0 Å². The third kappa shape index (κ3) is 8.79. The molecule has 0 radical (unpaired) electrons. The highest BCUT2D eigenvalue weighted by molar-refractivity contribution is 5.85. The zero-order valence-electron chi connectivity index (χ0n) is 16.6. The van der Waals surface area contributed by atoms with Gasteiger partial charge in [-0.2, -0.15) is 0 Å². The van der Waals surface area contributed by atoms with Crippen molar-refractivity contribution in [3.8, 4) is 0 Å². The van der Waals surface area contributed by atoms with Gasteiger partial charge in [0.25, 0.3) is 0 Å². The lowest BCUT2D eigenvalue weighted by molar-refractivity contribution is -0.125. The molecule has 1 aromatic rings. The van der Waals surface area contributed by atoms with Crippen molar-refractivity contribution in [3.05, 3.63) is 35.9 Å². The number of rotatable bonds is 8. The molecule has 1 aromatic carbocycles. The lowest BCUT2D eigenvalue weighted by Crippen LogP contribution is -2.45. The number of carbonyl (C=O) groups excluding carboxylic acids is 1. The maximum Gasteiger partial charge on any atom is 0.224 e. The summed E-state index contributed by atoms with van der Waals surface area (Å²) in [4.78, 5) is 14.7. The molecular formula is C20H35Cl2N3O2. The number of nitrogens with zero attached hydrogens (tertiary/aromatic N) is 1. The number of amides is 1. The van der Waals surface area contributed by atoms with Gasteiger partial charge in [0.05, 0.1) is 18.1 Å². The fraction of sp³-hybridized carbons (Fsp3) is 0.650. The first-order valence-electron chi connectivity index (χ1n) is 9.43. The maximum atomic E-state index is 12.3. The Bertz CT molecular complexity index is 523. The molecule has 0 aliphatic carbocycles. The molecule has 3 N–H and O–H groups in total. The average Bonchev–Trinajstić information content (AvgIpc) is 2.60. The number of morpholine rings is 1. The van der Waals surface area contributed by atoms with Gasteiger partial charge in [-0.05, 0) is 38.8 Å². The Morgan fingerprint density at radius 2 is 1.78 bits per heavy atom. The summed E-state index contributed by atoms with van der Waals surface area (Å²) in [5.41, 5.74) is 7.21. The van der Waals surface area contributed by atoms with Crippen LogP contribution in [0.4, 0.5) is 0 Å². The maximum absolute atomic E-state index is 12.3. The highest BCUT2D eigenvalue weighted by Crippen LogP contribution is 2.19. The van der Waals surface area contributed by atoms with Crippen LogP contribution in [0.5, 0.6) is 0 Å². The largest absolute Gasteiger partial charge is 0.373 e. The Kier molecular flexibility index (Phi) is 12.9. The van der Waals surface area contributed by atoms with Crippen molar-refractivity contribution < 1.29 is 9.53 Å². The second kappa shape index (κ2) is 13.3. The monoisotopic (exact) mass is 419 g/mol. The van der Waals surface area contributed by atoms with Crippen LogP contribution in [0.3, 0.4) is 0 Å². The minimum atomic E-state index is -0.266. The number of unbranched alkanes of at least 4 members (excludes halogenated alkanes) is 1. The van der Waals surface area contributed by atoms with Crippen LogP contribution in [0.1, 0.15) is 45.2 Å². The van der Waals surface area contributed by atoms with Crippen LogP contribution in [-0.4, -0.2) is 49.2 Å². The fourth-order valence-corrected chi connectivity index (χ4v) is 3.43. The van der Waals surface area contributed by atoms with Crippen LogP contribution in [-0.2, 0) is 9.53 Å². The number of benzene rings is 1. The molecule has 0 bridgehead atoms. The molecule has 1 aliphatic rings. The van der Waals surface area contributed by atoms with Crippen molar-refractivity contribution in [2.45, 2.75) is 51.9 Å². The van der Waals surface area contributed by atoms with Crippen LogP contribution in [0.15, 0.2) is 30.3 Å². The van der Waals surface area contributed by atoms with Gasteiger partial charge in [-0.25, -0.2) is 0 Å². The van der Waals surface area contributed by atoms with Gasteiger partial charge in [-0.3, -0.25) is 9.69 Å². The van der Waals surface area contributed by atoms with Crippen molar-refractivity contribution in [1.82, 2.24) is 10.2 Å². The number of hydrogen-bond acceptors (Lipinski definition) is 4. The van der Waals surface area contributed by atoms with E-state index in [1.54, 1.807) is 0 Å². The van der Waals surface area contributed by atoms with Crippen molar-refractivity contribution in [1.29, 1.82) is 0 Å². The summed E-state index contributed by atoms with van der Waals surface area (Å²) >= 11 is 0. The van der Waals surface area contributed by atoms with E-state index in [1.165, 1.54) is 0 Å². The molecule has 1 saturated heterocycles. The third-order valence-corrected chi connectivity index (χ3v) is 4.83. The topological polar surface area (TPSA) is 67.6 Å². The summed E-state index contributed by atoms with van der Waals surface area (Å²) in [6.45, 7) is 9.91. The van der Waals surface area contributed by atoms with E-state index < -0.39 is 0 Å². The van der Waals surface area contributed by atoms with Gasteiger partial charge < -0.3 is 15.8 Å². The zero-order valence-corrected chi connectivity index (χ0v) is 18.2. The van der Waals surface area contributed by atoms with Crippen molar-refractivity contribution in [2.24, 2.45) is 11.7 Å². The molecule has 5 nitrogen and oxygen atoms in total. The Morgan fingerprint density at radius 3 is 2.37 bits per heavy atom. The summed E-state index contributed by atoms with van der Waals surface area (Å²) in [6, 6.07) is 9.53. The molecular weight excluding hydrogens is 385 g/mol. The van der Waals surface area contributed by atoms with E-state index in [0.717, 1.165) is 38.0 Å². The molecule has 1 aliphatic heterocycles. The van der Waals surface area contributed by atoms with E-state index in [4.69, 9.17) is 10.5 Å². The van der Waals surface area contributed by atoms with Crippen LogP contribution in [0, 0.1) is 5.92 Å². The quantitative estimate of drug-likeness (QED) is 0.634. The smallest absolute Gasteiger partial charge is 0.224 e. The molecule has 2 rings (SSSR count). The highest BCUT2D eigenvalue weighted by Gasteiger charge is 2.22. The first-order chi connectivity index (χ1) is 12.0. The van der Waals surface area contributed by atoms with Gasteiger partial charge in [0, 0.05) is 25.7 Å². The molecule has 27 heavy (non-hydrogen) atoms. The molecule has 156 valence electrons. The SMILES string of the molecule is CC1CN(CCCCNC(=O)C(C)C(N)c2ccccc2)CC(C)O1.Cl.Cl. The molecule has 4 atom stereocenters. The second-order valence-electron chi connectivity index (χ2n) is 7.24. The molecule has 4 unspecified atom stereocenters. The first-order valence-corrected chi connectivity index (χ1v) is 9.43. The van der Waals surface area contributed by atoms with Crippen LogP contribution in [0.2, 0.25) is 0 Å². The Hall–Kier alpha value is -0.850. The van der Waals surface area contributed by atoms with Gasteiger partial charge in [0.15, 0.2) is 0 Å². The van der Waals surface area contributed by atoms with Crippen LogP contribution >= 0.6 is 24.8 Å². The van der Waals surface area contributed by atoms with Gasteiger partial charge >= 0.3 is 0 Å². The molecule has 1 fully saturated rings. The summed E-state index contributed by atoms with van der Waals surface area (Å²) in [7, 11) is 0. The normalized spacial score (nSPS) is 22.1. The average molecular weight is 420 g/mol. The van der Waals surface area contributed by atoms with E-state index in [9.17, 15) is 4.79 Å². The number of carbonyl (C=O) groups is 1. The summed E-state index contributed by atoms with van der Waals surface area (Å²) < 4.78 is 5.75. The molecule has 7 heteroatoms. The van der Waals surface area contributed by atoms with E-state index in [-0.39, 0.29) is 42.7 Å². The molecule has 0 saturated carbocycles. The molecule has 0 aromatic heterocycles. The van der Waals surface area contributed by atoms with Crippen molar-refractivity contribution in [2.75, 3.05) is 26.2 Å². The van der Waals surface area contributed by atoms with Crippen LogP contribution in [0.25, 0.3) is 0 Å². The molecule has 0 spiro atoms. The van der Waals surface area contributed by atoms with Crippen LogP contribution < -0.4 is 11.1 Å². The number of nitrogens with one attached hydrogen (secondary N) is 1. The van der Waals surface area contributed by atoms with E-state index in [2.05, 4.69) is 24.1 Å². The number of hydrogen-bond donors (Lipinski definition) is 2. The Balaban J connectivity index is 0.00000338. The predicted molar refractivity (Wildman–Crippen MR) is 116 cm³/mol. The Morgan fingerprint density at radius 1 is 1.19 bits per heavy atom. The second-order valence-corrected chi connectivity index (χ2v) is 7.24. The van der Waals surface area contributed by atoms with Gasteiger partial charge in [0.1, 0.15) is 0 Å². The third-order valence-electron chi connectivity index (χ3n) is 4.83. The minimum Gasteiger partial charge on any atom is -0.373 e.